The van der Waals surface area contributed by atoms with E-state index in [0.29, 0.717) is 12.4 Å². The normalized spacial score (nSPS) is 10.5. The van der Waals surface area contributed by atoms with Crippen LogP contribution in [0.5, 0.6) is 0 Å². The highest BCUT2D eigenvalue weighted by Gasteiger charge is 2.14. The fourth-order valence-corrected chi connectivity index (χ4v) is 2.24. The predicted octanol–water partition coefficient (Wildman–Crippen LogP) is 1.93. The first kappa shape index (κ1) is 13.2. The summed E-state index contributed by atoms with van der Waals surface area (Å²) in [5.41, 5.74) is 4.65. The Hall–Kier alpha value is -2.82. The van der Waals surface area contributed by atoms with Gasteiger partial charge in [-0.15, -0.1) is 5.10 Å². The summed E-state index contributed by atoms with van der Waals surface area (Å²) in [5.74, 6) is 0.610. The number of aromatic nitrogens is 3. The second kappa shape index (κ2) is 5.66. The first-order valence-electron chi connectivity index (χ1n) is 6.76. The average Bonchev–Trinajstić information content (AvgIpc) is 2.85. The first-order chi connectivity index (χ1) is 10.3. The highest BCUT2D eigenvalue weighted by atomic mass is 16.2. The summed E-state index contributed by atoms with van der Waals surface area (Å²) in [6.07, 6.45) is 0. The molecule has 106 valence electrons. The van der Waals surface area contributed by atoms with Gasteiger partial charge in [-0.2, -0.15) is 4.68 Å². The molecule has 2 aromatic carbocycles. The van der Waals surface area contributed by atoms with Gasteiger partial charge >= 0.3 is 5.69 Å². The van der Waals surface area contributed by atoms with E-state index in [9.17, 15) is 4.79 Å². The monoisotopic (exact) mass is 280 g/mol. The molecule has 0 aliphatic carbocycles. The second-order valence-electron chi connectivity index (χ2n) is 4.67. The molecule has 0 aliphatic heterocycles. The molecule has 0 spiro atoms. The quantitative estimate of drug-likeness (QED) is 0.794. The van der Waals surface area contributed by atoms with Crippen molar-refractivity contribution in [3.8, 4) is 11.4 Å². The van der Waals surface area contributed by atoms with E-state index < -0.39 is 0 Å². The Morgan fingerprint density at radius 2 is 1.62 bits per heavy atom. The second-order valence-corrected chi connectivity index (χ2v) is 4.67. The largest absolute Gasteiger partial charge is 0.365 e. The number of hydrogen-bond donors (Lipinski definition) is 1. The molecule has 1 heterocycles. The number of benzene rings is 2. The molecule has 0 fully saturated rings. The van der Waals surface area contributed by atoms with Crippen molar-refractivity contribution in [3.05, 3.63) is 76.7 Å². The van der Waals surface area contributed by atoms with E-state index in [-0.39, 0.29) is 5.69 Å². The van der Waals surface area contributed by atoms with Crippen molar-refractivity contribution in [2.45, 2.75) is 6.54 Å². The minimum absolute atomic E-state index is 0.180. The molecule has 0 atom stereocenters. The van der Waals surface area contributed by atoms with Gasteiger partial charge in [-0.05, 0) is 5.56 Å². The molecule has 1 N–H and O–H groups in total. The highest BCUT2D eigenvalue weighted by Crippen LogP contribution is 2.14. The Morgan fingerprint density at radius 1 is 1.00 bits per heavy atom. The van der Waals surface area contributed by atoms with Crippen molar-refractivity contribution in [1.82, 2.24) is 14.5 Å². The summed E-state index contributed by atoms with van der Waals surface area (Å²) in [7, 11) is 1.71. The third-order valence-corrected chi connectivity index (χ3v) is 3.27. The summed E-state index contributed by atoms with van der Waals surface area (Å²) in [5, 5.41) is 4.45. The molecule has 5 heteroatoms. The van der Waals surface area contributed by atoms with Crippen molar-refractivity contribution in [1.29, 1.82) is 0 Å². The minimum Gasteiger partial charge on any atom is -0.323 e. The Bertz CT molecular complexity index is 775. The van der Waals surface area contributed by atoms with Crippen molar-refractivity contribution in [2.75, 3.05) is 12.5 Å². The zero-order valence-electron chi connectivity index (χ0n) is 11.7. The molecule has 21 heavy (non-hydrogen) atoms. The number of hydrogen-bond acceptors (Lipinski definition) is 3. The Morgan fingerprint density at radius 3 is 2.24 bits per heavy atom. The van der Waals surface area contributed by atoms with Gasteiger partial charge in [0.1, 0.15) is 0 Å². The number of rotatable bonds is 4. The molecule has 0 saturated carbocycles. The average molecular weight is 280 g/mol. The van der Waals surface area contributed by atoms with Crippen molar-refractivity contribution < 1.29 is 0 Å². The van der Waals surface area contributed by atoms with Gasteiger partial charge in [0, 0.05) is 12.6 Å². The molecular formula is C16H16N4O. The smallest absolute Gasteiger partial charge is 0.323 e. The zero-order chi connectivity index (χ0) is 14.7. The van der Waals surface area contributed by atoms with Crippen LogP contribution in [0.15, 0.2) is 65.5 Å². The summed E-state index contributed by atoms with van der Waals surface area (Å²) in [6.45, 7) is 0.453. The number of nitrogens with zero attached hydrogens (tertiary/aromatic N) is 3. The van der Waals surface area contributed by atoms with E-state index in [2.05, 4.69) is 10.5 Å². The molecule has 3 aromatic rings. The molecular weight excluding hydrogens is 264 g/mol. The van der Waals surface area contributed by atoms with Crippen LogP contribution in [-0.4, -0.2) is 21.5 Å². The van der Waals surface area contributed by atoms with Crippen molar-refractivity contribution in [2.24, 2.45) is 0 Å². The van der Waals surface area contributed by atoms with Gasteiger partial charge in [0.15, 0.2) is 5.82 Å². The Kier molecular flexibility index (Phi) is 3.55. The molecule has 5 nitrogen and oxygen atoms in total. The van der Waals surface area contributed by atoms with E-state index in [1.807, 2.05) is 60.7 Å². The molecule has 0 unspecified atom stereocenters. The Balaban J connectivity index is 2.04. The van der Waals surface area contributed by atoms with Crippen LogP contribution in [-0.2, 0) is 6.54 Å². The van der Waals surface area contributed by atoms with Crippen LogP contribution >= 0.6 is 0 Å². The summed E-state index contributed by atoms with van der Waals surface area (Å²) >= 11 is 0. The van der Waals surface area contributed by atoms with Crippen LogP contribution in [0.4, 0.5) is 0 Å². The lowest BCUT2D eigenvalue weighted by Gasteiger charge is -2.02. The third-order valence-electron chi connectivity index (χ3n) is 3.27. The van der Waals surface area contributed by atoms with E-state index in [0.717, 1.165) is 11.1 Å². The number of nitrogens with one attached hydrogen (secondary N) is 1. The lowest BCUT2D eigenvalue weighted by molar-refractivity contribution is 0.649. The van der Waals surface area contributed by atoms with Crippen LogP contribution in [0.3, 0.4) is 0 Å². The Labute approximate surface area is 122 Å². The van der Waals surface area contributed by atoms with Crippen LogP contribution in [0.1, 0.15) is 5.56 Å². The van der Waals surface area contributed by atoms with Crippen LogP contribution < -0.4 is 11.1 Å². The van der Waals surface area contributed by atoms with Gasteiger partial charge in [-0.1, -0.05) is 60.7 Å². The third kappa shape index (κ3) is 2.58. The van der Waals surface area contributed by atoms with Gasteiger partial charge in [-0.25, -0.2) is 9.48 Å². The maximum Gasteiger partial charge on any atom is 0.365 e. The molecule has 3 rings (SSSR count). The fourth-order valence-electron chi connectivity index (χ4n) is 2.24. The van der Waals surface area contributed by atoms with E-state index in [1.54, 1.807) is 7.05 Å². The molecule has 0 saturated heterocycles. The molecule has 0 aliphatic rings. The predicted molar refractivity (Wildman–Crippen MR) is 82.8 cm³/mol. The van der Waals surface area contributed by atoms with Crippen molar-refractivity contribution in [3.63, 3.8) is 0 Å². The molecule has 0 radical (unpaired) electrons. The standard InChI is InChI=1S/C16H16N4O/c1-17-20-15(14-10-6-3-7-11-14)18-19(16(20)21)12-13-8-4-2-5-9-13/h2-11,17H,12H2,1H3. The molecule has 0 bridgehead atoms. The lowest BCUT2D eigenvalue weighted by Crippen LogP contribution is -2.29. The SMILES string of the molecule is CNn1c(-c2ccccc2)nn(Cc2ccccc2)c1=O. The maximum absolute atomic E-state index is 12.4. The molecule has 1 aromatic heterocycles. The van der Waals surface area contributed by atoms with Gasteiger partial charge in [0.25, 0.3) is 0 Å². The fraction of sp³-hybridized carbons (Fsp3) is 0.125. The summed E-state index contributed by atoms with van der Waals surface area (Å²) in [4.78, 5) is 12.4. The van der Waals surface area contributed by atoms with Gasteiger partial charge in [-0.3, -0.25) is 0 Å². The minimum atomic E-state index is -0.180. The van der Waals surface area contributed by atoms with E-state index >= 15 is 0 Å². The van der Waals surface area contributed by atoms with E-state index in [1.165, 1.54) is 9.36 Å². The maximum atomic E-state index is 12.4. The summed E-state index contributed by atoms with van der Waals surface area (Å²) in [6, 6.07) is 19.5. The van der Waals surface area contributed by atoms with Crippen LogP contribution in [0.25, 0.3) is 11.4 Å². The van der Waals surface area contributed by atoms with Crippen molar-refractivity contribution >= 4 is 0 Å². The van der Waals surface area contributed by atoms with Gasteiger partial charge in [0.05, 0.1) is 6.54 Å². The van der Waals surface area contributed by atoms with Gasteiger partial charge < -0.3 is 5.43 Å². The topological polar surface area (TPSA) is 51.9 Å². The molecule has 0 amide bonds. The van der Waals surface area contributed by atoms with Gasteiger partial charge in [0.2, 0.25) is 0 Å². The zero-order valence-corrected chi connectivity index (χ0v) is 11.7. The lowest BCUT2D eigenvalue weighted by atomic mass is 10.2. The van der Waals surface area contributed by atoms with Crippen LogP contribution in [0.2, 0.25) is 0 Å². The summed E-state index contributed by atoms with van der Waals surface area (Å²) < 4.78 is 2.92. The van der Waals surface area contributed by atoms with E-state index in [4.69, 9.17) is 0 Å². The van der Waals surface area contributed by atoms with Crippen LogP contribution in [0, 0.1) is 0 Å². The highest BCUT2D eigenvalue weighted by molar-refractivity contribution is 5.54. The first-order valence-corrected chi connectivity index (χ1v) is 6.76.